The first kappa shape index (κ1) is 16.0. The number of aromatic nitrogens is 2. The Bertz CT molecular complexity index is 813. The Hall–Kier alpha value is -2.87. The second-order valence-corrected chi connectivity index (χ2v) is 5.54. The van der Waals surface area contributed by atoms with Gasteiger partial charge in [0, 0.05) is 6.20 Å². The SMILES string of the molecule is C[C@H]1COC(=O)N1c1ccccc1Nc1nc(Cl)ncc1C(N)=O. The molecule has 124 valence electrons. The lowest BCUT2D eigenvalue weighted by atomic mass is 10.2. The molecule has 0 spiro atoms. The Morgan fingerprint density at radius 2 is 2.21 bits per heavy atom. The molecule has 1 aromatic heterocycles. The van der Waals surface area contributed by atoms with Gasteiger partial charge in [0.25, 0.3) is 5.91 Å². The molecule has 0 saturated carbocycles. The van der Waals surface area contributed by atoms with Crippen LogP contribution in [0.15, 0.2) is 30.5 Å². The molecular formula is C15H14ClN5O3. The molecule has 0 bridgehead atoms. The Morgan fingerprint density at radius 1 is 1.46 bits per heavy atom. The zero-order valence-corrected chi connectivity index (χ0v) is 13.4. The molecule has 1 fully saturated rings. The first-order valence-corrected chi connectivity index (χ1v) is 7.49. The summed E-state index contributed by atoms with van der Waals surface area (Å²) in [5.41, 5.74) is 6.58. The number of nitrogens with zero attached hydrogens (tertiary/aromatic N) is 3. The van der Waals surface area contributed by atoms with E-state index in [1.807, 2.05) is 6.92 Å². The maximum atomic E-state index is 12.0. The number of primary amides is 1. The molecule has 0 unspecified atom stereocenters. The van der Waals surface area contributed by atoms with E-state index in [4.69, 9.17) is 22.1 Å². The topological polar surface area (TPSA) is 110 Å². The van der Waals surface area contributed by atoms with Crippen LogP contribution in [0.4, 0.5) is 22.0 Å². The molecule has 8 nitrogen and oxygen atoms in total. The van der Waals surface area contributed by atoms with Gasteiger partial charge >= 0.3 is 6.09 Å². The molecule has 1 aromatic carbocycles. The van der Waals surface area contributed by atoms with Crippen molar-refractivity contribution in [2.24, 2.45) is 5.73 Å². The summed E-state index contributed by atoms with van der Waals surface area (Å²) in [6.45, 7) is 2.18. The molecule has 3 N–H and O–H groups in total. The fourth-order valence-electron chi connectivity index (χ4n) is 2.40. The number of nitrogens with one attached hydrogen (secondary N) is 1. The Morgan fingerprint density at radius 3 is 2.88 bits per heavy atom. The van der Waals surface area contributed by atoms with E-state index in [2.05, 4.69) is 15.3 Å². The molecule has 2 aromatic rings. The van der Waals surface area contributed by atoms with Crippen LogP contribution in [-0.4, -0.2) is 34.6 Å². The first-order chi connectivity index (χ1) is 11.5. The molecule has 1 aliphatic rings. The lowest BCUT2D eigenvalue weighted by Crippen LogP contribution is -2.31. The monoisotopic (exact) mass is 347 g/mol. The predicted octanol–water partition coefficient (Wildman–Crippen LogP) is 2.32. The fraction of sp³-hybridized carbons (Fsp3) is 0.200. The quantitative estimate of drug-likeness (QED) is 0.821. The summed E-state index contributed by atoms with van der Waals surface area (Å²) in [5.74, 6) is -0.532. The Balaban J connectivity index is 2.02. The van der Waals surface area contributed by atoms with Crippen LogP contribution < -0.4 is 16.0 Å². The van der Waals surface area contributed by atoms with Gasteiger partial charge in [0.15, 0.2) is 0 Å². The van der Waals surface area contributed by atoms with Gasteiger partial charge in [-0.3, -0.25) is 9.69 Å². The maximum Gasteiger partial charge on any atom is 0.414 e. The van der Waals surface area contributed by atoms with E-state index >= 15 is 0 Å². The highest BCUT2D eigenvalue weighted by Crippen LogP contribution is 2.33. The van der Waals surface area contributed by atoms with Crippen molar-refractivity contribution in [1.82, 2.24) is 9.97 Å². The van der Waals surface area contributed by atoms with E-state index in [-0.39, 0.29) is 22.7 Å². The number of nitrogens with two attached hydrogens (primary N) is 1. The molecule has 2 heterocycles. The maximum absolute atomic E-state index is 12.0. The van der Waals surface area contributed by atoms with E-state index in [0.29, 0.717) is 18.0 Å². The normalized spacial score (nSPS) is 16.8. The second-order valence-electron chi connectivity index (χ2n) is 5.20. The zero-order chi connectivity index (χ0) is 17.3. The van der Waals surface area contributed by atoms with Gasteiger partial charge in [0.2, 0.25) is 5.28 Å². The smallest absolute Gasteiger partial charge is 0.414 e. The van der Waals surface area contributed by atoms with Gasteiger partial charge in [-0.1, -0.05) is 12.1 Å². The second kappa shape index (κ2) is 6.32. The van der Waals surface area contributed by atoms with Crippen molar-refractivity contribution >= 4 is 40.8 Å². The van der Waals surface area contributed by atoms with Crippen molar-refractivity contribution in [2.75, 3.05) is 16.8 Å². The van der Waals surface area contributed by atoms with Crippen LogP contribution in [0.25, 0.3) is 0 Å². The average Bonchev–Trinajstić information content (AvgIpc) is 2.87. The van der Waals surface area contributed by atoms with Crippen molar-refractivity contribution in [3.05, 3.63) is 41.3 Å². The van der Waals surface area contributed by atoms with Gasteiger partial charge in [-0.25, -0.2) is 9.78 Å². The number of amides is 2. The summed E-state index contributed by atoms with van der Waals surface area (Å²) in [6.07, 6.45) is 0.808. The number of carbonyl (C=O) groups is 2. The molecule has 9 heteroatoms. The van der Waals surface area contributed by atoms with E-state index in [1.54, 1.807) is 24.3 Å². The number of anilines is 3. The van der Waals surface area contributed by atoms with Crippen LogP contribution in [0.1, 0.15) is 17.3 Å². The lowest BCUT2D eigenvalue weighted by molar-refractivity contribution is 0.100. The fourth-order valence-corrected chi connectivity index (χ4v) is 2.54. The van der Waals surface area contributed by atoms with Crippen LogP contribution in [-0.2, 0) is 4.74 Å². The highest BCUT2D eigenvalue weighted by molar-refractivity contribution is 6.28. The van der Waals surface area contributed by atoms with E-state index in [1.165, 1.54) is 11.1 Å². The Kier molecular flexibility index (Phi) is 4.22. The third-order valence-electron chi connectivity index (χ3n) is 3.53. The van der Waals surface area contributed by atoms with Crippen molar-refractivity contribution in [3.63, 3.8) is 0 Å². The van der Waals surface area contributed by atoms with Crippen molar-refractivity contribution in [1.29, 1.82) is 0 Å². The highest BCUT2D eigenvalue weighted by atomic mass is 35.5. The minimum Gasteiger partial charge on any atom is -0.447 e. The average molecular weight is 348 g/mol. The Labute approximate surface area is 142 Å². The summed E-state index contributed by atoms with van der Waals surface area (Å²) in [7, 11) is 0. The number of para-hydroxylation sites is 2. The number of ether oxygens (including phenoxy) is 1. The van der Waals surface area contributed by atoms with E-state index in [0.717, 1.165) is 0 Å². The summed E-state index contributed by atoms with van der Waals surface area (Å²) in [4.78, 5) is 32.8. The van der Waals surface area contributed by atoms with Crippen molar-refractivity contribution < 1.29 is 14.3 Å². The highest BCUT2D eigenvalue weighted by Gasteiger charge is 2.32. The van der Waals surface area contributed by atoms with Gasteiger partial charge in [-0.05, 0) is 30.7 Å². The summed E-state index contributed by atoms with van der Waals surface area (Å²) < 4.78 is 5.06. The molecule has 3 rings (SSSR count). The van der Waals surface area contributed by atoms with Crippen LogP contribution in [0.3, 0.4) is 0 Å². The van der Waals surface area contributed by atoms with Gasteiger partial charge in [-0.15, -0.1) is 0 Å². The van der Waals surface area contributed by atoms with E-state index < -0.39 is 12.0 Å². The van der Waals surface area contributed by atoms with Crippen molar-refractivity contribution in [2.45, 2.75) is 13.0 Å². The van der Waals surface area contributed by atoms with Crippen LogP contribution in [0.5, 0.6) is 0 Å². The number of cyclic esters (lactones) is 1. The van der Waals surface area contributed by atoms with Gasteiger partial charge < -0.3 is 15.8 Å². The molecule has 1 aliphatic heterocycles. The number of rotatable bonds is 4. The number of hydrogen-bond acceptors (Lipinski definition) is 6. The van der Waals surface area contributed by atoms with Gasteiger partial charge in [0.1, 0.15) is 18.0 Å². The van der Waals surface area contributed by atoms with Gasteiger partial charge in [0.05, 0.1) is 17.4 Å². The van der Waals surface area contributed by atoms with Crippen LogP contribution >= 0.6 is 11.6 Å². The number of halogens is 1. The third kappa shape index (κ3) is 2.95. The largest absolute Gasteiger partial charge is 0.447 e. The standard InChI is InChI=1S/C15H14ClN5O3/c1-8-7-24-15(23)21(8)11-5-3-2-4-10(11)19-13-9(12(17)22)6-18-14(16)20-13/h2-6,8H,7H2,1H3,(H2,17,22)(H,18,19,20)/t8-/m0/s1. The molecule has 1 atom stereocenters. The molecular weight excluding hydrogens is 334 g/mol. The predicted molar refractivity (Wildman–Crippen MR) is 88.6 cm³/mol. The van der Waals surface area contributed by atoms with Crippen LogP contribution in [0.2, 0.25) is 5.28 Å². The summed E-state index contributed by atoms with van der Waals surface area (Å²) in [5, 5.41) is 2.96. The first-order valence-electron chi connectivity index (χ1n) is 7.11. The number of hydrogen-bond donors (Lipinski definition) is 2. The minimum absolute atomic E-state index is 0.0334. The molecule has 1 saturated heterocycles. The van der Waals surface area contributed by atoms with Gasteiger partial charge in [-0.2, -0.15) is 4.98 Å². The summed E-state index contributed by atoms with van der Waals surface area (Å²) >= 11 is 5.80. The number of benzene rings is 1. The summed E-state index contributed by atoms with van der Waals surface area (Å²) in [6, 6.07) is 6.96. The zero-order valence-electron chi connectivity index (χ0n) is 12.7. The van der Waals surface area contributed by atoms with Crippen LogP contribution in [0, 0.1) is 0 Å². The van der Waals surface area contributed by atoms with Crippen molar-refractivity contribution in [3.8, 4) is 0 Å². The third-order valence-corrected chi connectivity index (χ3v) is 3.71. The molecule has 0 radical (unpaired) electrons. The molecule has 2 amide bonds. The number of carbonyl (C=O) groups excluding carboxylic acids is 2. The lowest BCUT2D eigenvalue weighted by Gasteiger charge is -2.22. The minimum atomic E-state index is -0.694. The van der Waals surface area contributed by atoms with E-state index in [9.17, 15) is 9.59 Å². The molecule has 24 heavy (non-hydrogen) atoms. The molecule has 0 aliphatic carbocycles.